The molecule has 2 rings (SSSR count). The van der Waals surface area contributed by atoms with Crippen LogP contribution in [0.1, 0.15) is 38.9 Å². The molecule has 0 spiro atoms. The van der Waals surface area contributed by atoms with E-state index in [0.717, 1.165) is 0 Å². The second kappa shape index (κ2) is 5.17. The lowest BCUT2D eigenvalue weighted by atomic mass is 10.0. The van der Waals surface area contributed by atoms with E-state index in [1.165, 1.54) is 0 Å². The Hall–Kier alpha value is -1.41. The van der Waals surface area contributed by atoms with Crippen molar-refractivity contribution in [2.75, 3.05) is 22.2 Å². The van der Waals surface area contributed by atoms with Crippen molar-refractivity contribution in [3.63, 3.8) is 0 Å². The highest BCUT2D eigenvalue weighted by Crippen LogP contribution is 2.28. The number of hydrogen-bond donors (Lipinski definition) is 3. The molecule has 112 valence electrons. The lowest BCUT2D eigenvalue weighted by molar-refractivity contribution is 0.571. The maximum atomic E-state index is 11.6. The van der Waals surface area contributed by atoms with Gasteiger partial charge in [0, 0.05) is 12.0 Å². The summed E-state index contributed by atoms with van der Waals surface area (Å²) in [4.78, 5) is 8.70. The molecule has 4 N–H and O–H groups in total. The zero-order valence-corrected chi connectivity index (χ0v) is 12.8. The van der Waals surface area contributed by atoms with Crippen molar-refractivity contribution in [2.45, 2.75) is 38.6 Å². The van der Waals surface area contributed by atoms with E-state index in [9.17, 15) is 8.42 Å². The topological polar surface area (TPSA) is 110 Å². The second-order valence-corrected chi connectivity index (χ2v) is 8.01. The summed E-state index contributed by atoms with van der Waals surface area (Å²) in [6.45, 7) is 5.87. The Morgan fingerprint density at radius 1 is 1.35 bits per heavy atom. The number of anilines is 2. The minimum Gasteiger partial charge on any atom is -0.364 e. The van der Waals surface area contributed by atoms with E-state index in [4.69, 9.17) is 5.84 Å². The van der Waals surface area contributed by atoms with Crippen LogP contribution < -0.4 is 16.6 Å². The maximum Gasteiger partial charge on any atom is 0.152 e. The van der Waals surface area contributed by atoms with Crippen LogP contribution in [-0.4, -0.2) is 35.4 Å². The van der Waals surface area contributed by atoms with E-state index in [1.807, 2.05) is 20.8 Å². The summed E-state index contributed by atoms with van der Waals surface area (Å²) in [6.07, 6.45) is 0.571. The quantitative estimate of drug-likeness (QED) is 0.559. The molecule has 0 bridgehead atoms. The molecule has 2 heterocycles. The number of rotatable bonds is 4. The van der Waals surface area contributed by atoms with Crippen LogP contribution in [0.2, 0.25) is 0 Å². The zero-order valence-electron chi connectivity index (χ0n) is 12.0. The van der Waals surface area contributed by atoms with Crippen LogP contribution >= 0.6 is 0 Å². The fraction of sp³-hybridized carbons (Fsp3) is 0.667. The number of nitrogens with one attached hydrogen (secondary N) is 2. The van der Waals surface area contributed by atoms with Gasteiger partial charge >= 0.3 is 0 Å². The van der Waals surface area contributed by atoms with E-state index in [1.54, 1.807) is 6.07 Å². The fourth-order valence-corrected chi connectivity index (χ4v) is 4.37. The third-order valence-electron chi connectivity index (χ3n) is 3.34. The minimum atomic E-state index is -2.96. The van der Waals surface area contributed by atoms with Crippen molar-refractivity contribution in [1.82, 2.24) is 9.97 Å². The number of hydrogen-bond acceptors (Lipinski definition) is 7. The summed E-state index contributed by atoms with van der Waals surface area (Å²) >= 11 is 0. The second-order valence-electron chi connectivity index (χ2n) is 5.82. The lowest BCUT2D eigenvalue weighted by Crippen LogP contribution is -2.36. The molecule has 1 unspecified atom stereocenters. The molecule has 0 aromatic carbocycles. The summed E-state index contributed by atoms with van der Waals surface area (Å²) in [5.74, 6) is 7.65. The Morgan fingerprint density at radius 2 is 2.00 bits per heavy atom. The van der Waals surface area contributed by atoms with Crippen LogP contribution in [0.25, 0.3) is 0 Å². The molecule has 1 fully saturated rings. The van der Waals surface area contributed by atoms with E-state index >= 15 is 0 Å². The molecule has 1 aliphatic rings. The smallest absolute Gasteiger partial charge is 0.152 e. The standard InChI is InChI=1S/C12H21N5O2S/c1-8(2)11-14-9(6-10(15-11)17-13)16-12(3)4-5-20(18,19)7-12/h6,8H,4-5,7,13H2,1-3H3,(H2,14,15,16,17). The molecule has 7 nitrogen and oxygen atoms in total. The first-order valence-corrected chi connectivity index (χ1v) is 8.39. The predicted octanol–water partition coefficient (Wildman–Crippen LogP) is 0.875. The molecule has 1 atom stereocenters. The Morgan fingerprint density at radius 3 is 2.50 bits per heavy atom. The van der Waals surface area contributed by atoms with Gasteiger partial charge in [0.1, 0.15) is 17.5 Å². The van der Waals surface area contributed by atoms with Gasteiger partial charge < -0.3 is 10.7 Å². The first-order valence-electron chi connectivity index (χ1n) is 6.57. The summed E-state index contributed by atoms with van der Waals surface area (Å²) in [6, 6.07) is 1.68. The first kappa shape index (κ1) is 15.0. The summed E-state index contributed by atoms with van der Waals surface area (Å²) < 4.78 is 23.3. The van der Waals surface area contributed by atoms with E-state index in [2.05, 4.69) is 20.7 Å². The summed E-state index contributed by atoms with van der Waals surface area (Å²) in [7, 11) is -2.96. The molecule has 0 saturated carbocycles. The molecule has 1 aliphatic heterocycles. The number of nitrogen functional groups attached to an aromatic ring is 1. The molecular formula is C12H21N5O2S. The third-order valence-corrected chi connectivity index (χ3v) is 5.24. The van der Waals surface area contributed by atoms with Gasteiger partial charge in [0.15, 0.2) is 9.84 Å². The van der Waals surface area contributed by atoms with Crippen molar-refractivity contribution in [3.8, 4) is 0 Å². The number of aromatic nitrogens is 2. The van der Waals surface area contributed by atoms with Crippen molar-refractivity contribution < 1.29 is 8.42 Å². The van der Waals surface area contributed by atoms with E-state index in [-0.39, 0.29) is 17.4 Å². The zero-order chi connectivity index (χ0) is 15.0. The van der Waals surface area contributed by atoms with Crippen molar-refractivity contribution in [2.24, 2.45) is 5.84 Å². The average molecular weight is 299 g/mol. The monoisotopic (exact) mass is 299 g/mol. The summed E-state index contributed by atoms with van der Waals surface area (Å²) in [5.41, 5.74) is 2.01. The molecule has 1 aromatic heterocycles. The van der Waals surface area contributed by atoms with Crippen molar-refractivity contribution >= 4 is 21.5 Å². The highest BCUT2D eigenvalue weighted by atomic mass is 32.2. The Balaban J connectivity index is 2.27. The highest BCUT2D eigenvalue weighted by molar-refractivity contribution is 7.91. The maximum absolute atomic E-state index is 11.6. The third kappa shape index (κ3) is 3.37. The fourth-order valence-electron chi connectivity index (χ4n) is 2.28. The molecule has 0 aliphatic carbocycles. The van der Waals surface area contributed by atoms with Gasteiger partial charge in [-0.25, -0.2) is 24.2 Å². The Kier molecular flexibility index (Phi) is 3.88. The van der Waals surface area contributed by atoms with Crippen LogP contribution in [0.5, 0.6) is 0 Å². The SMILES string of the molecule is CC(C)c1nc(NN)cc(NC2(C)CCS(=O)(=O)C2)n1. The number of nitrogens with two attached hydrogens (primary N) is 1. The summed E-state index contributed by atoms with van der Waals surface area (Å²) in [5, 5.41) is 3.22. The molecule has 0 amide bonds. The van der Waals surface area contributed by atoms with E-state index in [0.29, 0.717) is 23.9 Å². The number of nitrogens with zero attached hydrogens (tertiary/aromatic N) is 2. The molecule has 20 heavy (non-hydrogen) atoms. The highest BCUT2D eigenvalue weighted by Gasteiger charge is 2.38. The van der Waals surface area contributed by atoms with Crippen LogP contribution in [0.4, 0.5) is 11.6 Å². The van der Waals surface area contributed by atoms with Gasteiger partial charge in [0.05, 0.1) is 17.0 Å². The predicted molar refractivity (Wildman–Crippen MR) is 79.2 cm³/mol. The molecule has 1 saturated heterocycles. The van der Waals surface area contributed by atoms with Crippen LogP contribution in [0, 0.1) is 0 Å². The number of hydrazine groups is 1. The minimum absolute atomic E-state index is 0.117. The molecular weight excluding hydrogens is 278 g/mol. The average Bonchev–Trinajstić information content (AvgIpc) is 2.62. The molecule has 1 aromatic rings. The lowest BCUT2D eigenvalue weighted by Gasteiger charge is -2.25. The molecule has 0 radical (unpaired) electrons. The van der Waals surface area contributed by atoms with Crippen LogP contribution in [0.15, 0.2) is 6.07 Å². The Bertz CT molecular complexity index is 602. The van der Waals surface area contributed by atoms with E-state index < -0.39 is 15.4 Å². The Labute approximate surface area is 119 Å². The largest absolute Gasteiger partial charge is 0.364 e. The first-order chi connectivity index (χ1) is 9.23. The number of sulfone groups is 1. The van der Waals surface area contributed by atoms with Crippen molar-refractivity contribution in [3.05, 3.63) is 11.9 Å². The van der Waals surface area contributed by atoms with Gasteiger partial charge in [-0.1, -0.05) is 13.8 Å². The van der Waals surface area contributed by atoms with Gasteiger partial charge in [-0.3, -0.25) is 0 Å². The van der Waals surface area contributed by atoms with Crippen molar-refractivity contribution in [1.29, 1.82) is 0 Å². The van der Waals surface area contributed by atoms with Crippen LogP contribution in [-0.2, 0) is 9.84 Å². The van der Waals surface area contributed by atoms with Gasteiger partial charge in [-0.2, -0.15) is 0 Å². The van der Waals surface area contributed by atoms with Gasteiger partial charge in [-0.05, 0) is 13.3 Å². The van der Waals surface area contributed by atoms with Crippen LogP contribution in [0.3, 0.4) is 0 Å². The van der Waals surface area contributed by atoms with Gasteiger partial charge in [0.25, 0.3) is 0 Å². The molecule has 8 heteroatoms. The van der Waals surface area contributed by atoms with Gasteiger partial charge in [-0.15, -0.1) is 0 Å². The van der Waals surface area contributed by atoms with Gasteiger partial charge in [0.2, 0.25) is 0 Å². The normalized spacial score (nSPS) is 24.9.